The van der Waals surface area contributed by atoms with Crippen LogP contribution in [0, 0.1) is 6.92 Å². The number of sulfone groups is 1. The van der Waals surface area contributed by atoms with Crippen LogP contribution in [0.4, 0.5) is 11.5 Å². The zero-order valence-corrected chi connectivity index (χ0v) is 15.6. The molecule has 2 heterocycles. The number of nitrogens with one attached hydrogen (secondary N) is 2. The van der Waals surface area contributed by atoms with Crippen LogP contribution in [0.5, 0.6) is 0 Å². The molecular formula is C18H22N4O3S. The molecule has 0 spiro atoms. The molecule has 2 N–H and O–H groups in total. The first kappa shape index (κ1) is 18.3. The minimum absolute atomic E-state index is 0.0848. The topological polar surface area (TPSA) is 101 Å². The number of aromatic nitrogens is 2. The quantitative estimate of drug-likeness (QED) is 0.832. The Kier molecular flexibility index (Phi) is 5.22. The molecule has 1 saturated heterocycles. The molecule has 1 amide bonds. The fourth-order valence-corrected chi connectivity index (χ4v) is 4.69. The van der Waals surface area contributed by atoms with Gasteiger partial charge in [-0.2, -0.15) is 0 Å². The molecular weight excluding hydrogens is 352 g/mol. The van der Waals surface area contributed by atoms with Crippen LogP contribution < -0.4 is 10.6 Å². The Hall–Kier alpha value is -2.48. The van der Waals surface area contributed by atoms with Crippen molar-refractivity contribution >= 4 is 27.2 Å². The van der Waals surface area contributed by atoms with E-state index in [1.165, 1.54) is 0 Å². The molecule has 7 nitrogen and oxygen atoms in total. The Morgan fingerprint density at radius 3 is 2.73 bits per heavy atom. The van der Waals surface area contributed by atoms with Crippen LogP contribution in [0.3, 0.4) is 0 Å². The van der Waals surface area contributed by atoms with E-state index < -0.39 is 9.84 Å². The highest BCUT2D eigenvalue weighted by Crippen LogP contribution is 2.19. The van der Waals surface area contributed by atoms with Crippen molar-refractivity contribution in [2.24, 2.45) is 0 Å². The molecule has 0 radical (unpaired) electrons. The molecule has 1 fully saturated rings. The predicted octanol–water partition coefficient (Wildman–Crippen LogP) is 2.20. The summed E-state index contributed by atoms with van der Waals surface area (Å²) in [6, 6.07) is 8.99. The van der Waals surface area contributed by atoms with Gasteiger partial charge in [0.2, 0.25) is 0 Å². The molecule has 2 aromatic rings. The summed E-state index contributed by atoms with van der Waals surface area (Å²) in [6.45, 7) is 3.73. The second-order valence-corrected chi connectivity index (χ2v) is 8.62. The molecule has 1 unspecified atom stereocenters. The molecule has 1 atom stereocenters. The van der Waals surface area contributed by atoms with Gasteiger partial charge in [0.05, 0.1) is 11.5 Å². The molecule has 1 aliphatic rings. The molecule has 1 aromatic heterocycles. The van der Waals surface area contributed by atoms with Gasteiger partial charge < -0.3 is 10.6 Å². The van der Waals surface area contributed by atoms with Gasteiger partial charge in [-0.15, -0.1) is 0 Å². The van der Waals surface area contributed by atoms with Gasteiger partial charge in [0.15, 0.2) is 9.84 Å². The van der Waals surface area contributed by atoms with Gasteiger partial charge >= 0.3 is 0 Å². The summed E-state index contributed by atoms with van der Waals surface area (Å²) in [4.78, 5) is 21.1. The van der Waals surface area contributed by atoms with Crippen molar-refractivity contribution in [3.05, 3.63) is 47.4 Å². The van der Waals surface area contributed by atoms with E-state index in [0.717, 1.165) is 17.7 Å². The summed E-state index contributed by atoms with van der Waals surface area (Å²) < 4.78 is 23.2. The minimum atomic E-state index is -2.99. The number of hydrogen-bond donors (Lipinski definition) is 2. The van der Waals surface area contributed by atoms with Gasteiger partial charge in [0.25, 0.3) is 5.91 Å². The number of amides is 1. The molecule has 138 valence electrons. The third-order valence-electron chi connectivity index (χ3n) is 4.30. The van der Waals surface area contributed by atoms with Crippen molar-refractivity contribution in [1.82, 2.24) is 9.97 Å². The van der Waals surface area contributed by atoms with Gasteiger partial charge in [-0.3, -0.25) is 4.79 Å². The summed E-state index contributed by atoms with van der Waals surface area (Å²) in [5.41, 5.74) is 2.04. The number of aryl methyl sites for hydroxylation is 2. The molecule has 0 saturated carbocycles. The standard InChI is InChI=1S/C18H22N4O3S/c1-3-13-6-4-5-7-15(13)22-18(23)16-10-17(20-12(2)19-16)21-14-8-9-26(24,25)11-14/h4-7,10,14H,3,8-9,11H2,1-2H3,(H,22,23)(H,19,20,21). The van der Waals surface area contributed by atoms with E-state index in [4.69, 9.17) is 0 Å². The lowest BCUT2D eigenvalue weighted by molar-refractivity contribution is 0.102. The Morgan fingerprint density at radius 2 is 2.04 bits per heavy atom. The summed E-state index contributed by atoms with van der Waals surface area (Å²) in [5, 5.41) is 5.99. The third-order valence-corrected chi connectivity index (χ3v) is 6.07. The summed E-state index contributed by atoms with van der Waals surface area (Å²) in [6.07, 6.45) is 1.35. The van der Waals surface area contributed by atoms with Crippen molar-refractivity contribution in [3.8, 4) is 0 Å². The SMILES string of the molecule is CCc1ccccc1NC(=O)c1cc(NC2CCS(=O)(=O)C2)nc(C)n1. The van der Waals surface area contributed by atoms with E-state index in [1.807, 2.05) is 31.2 Å². The summed E-state index contributed by atoms with van der Waals surface area (Å²) in [7, 11) is -2.99. The van der Waals surface area contributed by atoms with Gasteiger partial charge in [-0.25, -0.2) is 18.4 Å². The first-order chi connectivity index (χ1) is 12.4. The zero-order valence-electron chi connectivity index (χ0n) is 14.8. The van der Waals surface area contributed by atoms with Crippen LogP contribution in [0.2, 0.25) is 0 Å². The van der Waals surface area contributed by atoms with Crippen LogP contribution in [0.15, 0.2) is 30.3 Å². The highest BCUT2D eigenvalue weighted by Gasteiger charge is 2.28. The number of benzene rings is 1. The largest absolute Gasteiger partial charge is 0.366 e. The third kappa shape index (κ3) is 4.37. The first-order valence-electron chi connectivity index (χ1n) is 8.58. The first-order valence-corrected chi connectivity index (χ1v) is 10.4. The van der Waals surface area contributed by atoms with Crippen LogP contribution in [0.1, 0.15) is 35.2 Å². The van der Waals surface area contributed by atoms with E-state index in [0.29, 0.717) is 18.1 Å². The molecule has 26 heavy (non-hydrogen) atoms. The number of anilines is 2. The zero-order chi connectivity index (χ0) is 18.7. The number of carbonyl (C=O) groups is 1. The number of para-hydroxylation sites is 1. The summed E-state index contributed by atoms with van der Waals surface area (Å²) in [5.74, 6) is 0.856. The molecule has 1 aliphatic heterocycles. The van der Waals surface area contributed by atoms with Crippen molar-refractivity contribution in [3.63, 3.8) is 0 Å². The predicted molar refractivity (Wildman–Crippen MR) is 101 cm³/mol. The van der Waals surface area contributed by atoms with Gasteiger partial charge in [-0.1, -0.05) is 25.1 Å². The second kappa shape index (κ2) is 7.41. The van der Waals surface area contributed by atoms with Crippen molar-refractivity contribution in [2.45, 2.75) is 32.7 Å². The number of hydrogen-bond acceptors (Lipinski definition) is 6. The Bertz CT molecular complexity index is 928. The number of carbonyl (C=O) groups excluding carboxylic acids is 1. The highest BCUT2D eigenvalue weighted by molar-refractivity contribution is 7.91. The normalized spacial score (nSPS) is 18.5. The van der Waals surface area contributed by atoms with Gasteiger partial charge in [0.1, 0.15) is 17.3 Å². The maximum atomic E-state index is 12.6. The monoisotopic (exact) mass is 374 g/mol. The fourth-order valence-electron chi connectivity index (χ4n) is 3.01. The average molecular weight is 374 g/mol. The van der Waals surface area contributed by atoms with E-state index in [9.17, 15) is 13.2 Å². The van der Waals surface area contributed by atoms with Gasteiger partial charge in [0, 0.05) is 17.8 Å². The molecule has 0 aliphatic carbocycles. The van der Waals surface area contributed by atoms with E-state index >= 15 is 0 Å². The maximum absolute atomic E-state index is 12.6. The Morgan fingerprint density at radius 1 is 1.27 bits per heavy atom. The van der Waals surface area contributed by atoms with Gasteiger partial charge in [-0.05, 0) is 31.4 Å². The average Bonchev–Trinajstić information content (AvgIpc) is 2.93. The Balaban J connectivity index is 1.77. The maximum Gasteiger partial charge on any atom is 0.274 e. The van der Waals surface area contributed by atoms with Crippen molar-refractivity contribution in [1.29, 1.82) is 0 Å². The minimum Gasteiger partial charge on any atom is -0.366 e. The van der Waals surface area contributed by atoms with Crippen molar-refractivity contribution < 1.29 is 13.2 Å². The lowest BCUT2D eigenvalue weighted by Crippen LogP contribution is -2.22. The number of nitrogens with zero attached hydrogens (tertiary/aromatic N) is 2. The summed E-state index contributed by atoms with van der Waals surface area (Å²) >= 11 is 0. The second-order valence-electron chi connectivity index (χ2n) is 6.39. The number of rotatable bonds is 5. The van der Waals surface area contributed by atoms with E-state index in [1.54, 1.807) is 13.0 Å². The van der Waals surface area contributed by atoms with Crippen LogP contribution in [-0.4, -0.2) is 41.8 Å². The van der Waals surface area contributed by atoms with Crippen LogP contribution in [-0.2, 0) is 16.3 Å². The van der Waals surface area contributed by atoms with Crippen molar-refractivity contribution in [2.75, 3.05) is 22.1 Å². The molecule has 0 bridgehead atoms. The fraction of sp³-hybridized carbons (Fsp3) is 0.389. The van der Waals surface area contributed by atoms with E-state index in [2.05, 4.69) is 20.6 Å². The smallest absolute Gasteiger partial charge is 0.274 e. The van der Waals surface area contributed by atoms with Crippen LogP contribution >= 0.6 is 0 Å². The molecule has 3 rings (SSSR count). The Labute approximate surface area is 153 Å². The molecule has 1 aromatic carbocycles. The lowest BCUT2D eigenvalue weighted by Gasteiger charge is -2.13. The molecule has 8 heteroatoms. The lowest BCUT2D eigenvalue weighted by atomic mass is 10.1. The van der Waals surface area contributed by atoms with E-state index in [-0.39, 0.29) is 29.1 Å². The highest BCUT2D eigenvalue weighted by atomic mass is 32.2. The van der Waals surface area contributed by atoms with Crippen LogP contribution in [0.25, 0.3) is 0 Å².